The molecule has 3 aliphatic rings. The molecule has 0 saturated carbocycles. The third-order valence-corrected chi connectivity index (χ3v) is 7.93. The van der Waals surface area contributed by atoms with Gasteiger partial charge in [0.2, 0.25) is 11.8 Å². The lowest BCUT2D eigenvalue weighted by molar-refractivity contribution is -0.156. The quantitative estimate of drug-likeness (QED) is 0.320. The van der Waals surface area contributed by atoms with Gasteiger partial charge < -0.3 is 24.7 Å². The Morgan fingerprint density at radius 1 is 1.30 bits per heavy atom. The van der Waals surface area contributed by atoms with Gasteiger partial charge in [0.05, 0.1) is 17.4 Å². The van der Waals surface area contributed by atoms with Gasteiger partial charge in [0.1, 0.15) is 11.6 Å². The van der Waals surface area contributed by atoms with Gasteiger partial charge >= 0.3 is 5.97 Å². The molecule has 0 aromatic rings. The number of hydrogen-bond acceptors (Lipinski definition) is 5. The minimum Gasteiger partial charge on any atom is -0.481 e. The molecule has 6 atom stereocenters. The van der Waals surface area contributed by atoms with Crippen molar-refractivity contribution in [1.29, 1.82) is 0 Å². The van der Waals surface area contributed by atoms with Gasteiger partial charge in [-0.25, -0.2) is 0 Å². The average molecular weight is 465 g/mol. The molecule has 3 saturated heterocycles. The number of carboxylic acids is 1. The zero-order valence-corrected chi connectivity index (χ0v) is 20.3. The molecule has 3 aliphatic heterocycles. The number of fused-ring (bicyclic) bond motifs is 1. The van der Waals surface area contributed by atoms with Crippen LogP contribution in [0.4, 0.5) is 0 Å². The van der Waals surface area contributed by atoms with Crippen LogP contribution in [-0.2, 0) is 19.1 Å². The molecular weight excluding hydrogens is 424 g/mol. The predicted octanol–water partition coefficient (Wildman–Crippen LogP) is 2.59. The van der Waals surface area contributed by atoms with Gasteiger partial charge in [-0.05, 0) is 46.0 Å². The fourth-order valence-corrected chi connectivity index (χ4v) is 6.43. The van der Waals surface area contributed by atoms with E-state index in [0.717, 1.165) is 25.7 Å². The number of aliphatic hydroxyl groups is 1. The minimum atomic E-state index is -1.09. The van der Waals surface area contributed by atoms with Crippen molar-refractivity contribution < 1.29 is 29.3 Å². The highest BCUT2D eigenvalue weighted by Gasteiger charge is 2.78. The summed E-state index contributed by atoms with van der Waals surface area (Å²) in [7, 11) is 0. The van der Waals surface area contributed by atoms with E-state index in [4.69, 9.17) is 9.84 Å². The molecule has 0 radical (unpaired) electrons. The molecule has 0 aliphatic carbocycles. The van der Waals surface area contributed by atoms with E-state index >= 15 is 0 Å². The van der Waals surface area contributed by atoms with E-state index in [1.807, 2.05) is 6.92 Å². The first-order valence-electron chi connectivity index (χ1n) is 12.4. The fourth-order valence-electron chi connectivity index (χ4n) is 6.43. The molecular formula is C25H40N2O6. The van der Waals surface area contributed by atoms with Crippen LogP contribution < -0.4 is 0 Å². The number of hydrogen-bond donors (Lipinski definition) is 2. The largest absolute Gasteiger partial charge is 0.481 e. The van der Waals surface area contributed by atoms with Crippen LogP contribution in [0.3, 0.4) is 0 Å². The van der Waals surface area contributed by atoms with Gasteiger partial charge in [-0.3, -0.25) is 14.4 Å². The molecule has 2 amide bonds. The zero-order valence-electron chi connectivity index (χ0n) is 20.3. The first-order valence-corrected chi connectivity index (χ1v) is 12.4. The maximum absolute atomic E-state index is 14.1. The number of ether oxygens (including phenoxy) is 1. The summed E-state index contributed by atoms with van der Waals surface area (Å²) < 4.78 is 6.44. The van der Waals surface area contributed by atoms with Crippen molar-refractivity contribution in [2.45, 2.75) is 95.4 Å². The number of nitrogens with zero attached hydrogens (tertiary/aromatic N) is 2. The van der Waals surface area contributed by atoms with Gasteiger partial charge in [-0.2, -0.15) is 0 Å². The number of aliphatic carboxylic acids is 1. The number of carbonyl (C=O) groups is 3. The van der Waals surface area contributed by atoms with Crippen molar-refractivity contribution >= 4 is 17.8 Å². The number of carboxylic acid groups (broad SMARTS) is 1. The molecule has 3 fully saturated rings. The average Bonchev–Trinajstić information content (AvgIpc) is 3.32. The Morgan fingerprint density at radius 3 is 2.61 bits per heavy atom. The Balaban J connectivity index is 1.97. The van der Waals surface area contributed by atoms with Crippen molar-refractivity contribution in [3.05, 3.63) is 12.7 Å². The molecule has 2 bridgehead atoms. The van der Waals surface area contributed by atoms with E-state index in [2.05, 4.69) is 13.5 Å². The van der Waals surface area contributed by atoms with Gasteiger partial charge in [0, 0.05) is 25.7 Å². The topological polar surface area (TPSA) is 107 Å². The zero-order chi connectivity index (χ0) is 24.4. The van der Waals surface area contributed by atoms with E-state index in [0.29, 0.717) is 38.8 Å². The molecule has 0 aromatic heterocycles. The maximum Gasteiger partial charge on any atom is 0.310 e. The van der Waals surface area contributed by atoms with Crippen LogP contribution in [0.5, 0.6) is 0 Å². The lowest BCUT2D eigenvalue weighted by Crippen LogP contribution is -2.57. The minimum absolute atomic E-state index is 0.0260. The Kier molecular flexibility index (Phi) is 7.89. The van der Waals surface area contributed by atoms with Crippen LogP contribution in [0.1, 0.15) is 72.1 Å². The van der Waals surface area contributed by atoms with Crippen LogP contribution in [-0.4, -0.2) is 80.8 Å². The van der Waals surface area contributed by atoms with Crippen molar-refractivity contribution in [3.63, 3.8) is 0 Å². The molecule has 2 N–H and O–H groups in total. The number of rotatable bonds is 13. The normalized spacial score (nSPS) is 33.3. The molecule has 33 heavy (non-hydrogen) atoms. The first-order chi connectivity index (χ1) is 15.7. The number of likely N-dealkylation sites (tertiary alicyclic amines) is 1. The number of carbonyl (C=O) groups excluding carboxylic acids is 2. The fraction of sp³-hybridized carbons (Fsp3) is 0.800. The highest BCUT2D eigenvalue weighted by atomic mass is 16.5. The van der Waals surface area contributed by atoms with Gasteiger partial charge in [-0.15, -0.1) is 6.58 Å². The van der Waals surface area contributed by atoms with Crippen LogP contribution >= 0.6 is 0 Å². The lowest BCUT2D eigenvalue weighted by Gasteiger charge is -2.39. The SMILES string of the molecule is C=CCN(C(=O)C1N(CCCCCCO)C(=O)[C@@H]2[C@@H](C(=O)O)[C@@]3(C)CCC12O3)C(C)CCC. The van der Waals surface area contributed by atoms with Gasteiger partial charge in [-0.1, -0.05) is 32.3 Å². The van der Waals surface area contributed by atoms with Crippen LogP contribution in [0.2, 0.25) is 0 Å². The van der Waals surface area contributed by atoms with Crippen molar-refractivity contribution in [2.75, 3.05) is 19.7 Å². The Labute approximate surface area is 196 Å². The van der Waals surface area contributed by atoms with E-state index in [-0.39, 0.29) is 24.5 Å². The Bertz CT molecular complexity index is 772. The first kappa shape index (κ1) is 25.7. The molecule has 3 heterocycles. The van der Waals surface area contributed by atoms with Crippen LogP contribution in [0.25, 0.3) is 0 Å². The molecule has 8 heteroatoms. The monoisotopic (exact) mass is 464 g/mol. The third kappa shape index (κ3) is 4.32. The summed E-state index contributed by atoms with van der Waals surface area (Å²) in [6.07, 6.45) is 7.54. The van der Waals surface area contributed by atoms with E-state index in [9.17, 15) is 19.5 Å². The standard InChI is InChI=1S/C25H40N2O6/c1-5-11-17(3)26(14-6-2)22(30)20-25-13-12-24(4,33-25)19(23(31)32)18(25)21(29)27(20)15-9-7-8-10-16-28/h6,17-20,28H,2,5,7-16H2,1,3-4H3,(H,31,32)/t17?,18-,19-,20?,24+,25?/m0/s1. The smallest absolute Gasteiger partial charge is 0.310 e. The maximum atomic E-state index is 14.1. The highest BCUT2D eigenvalue weighted by molar-refractivity contribution is 5.98. The Hall–Kier alpha value is -1.93. The second-order valence-corrected chi connectivity index (χ2v) is 10.2. The number of aliphatic hydroxyl groups excluding tert-OH is 1. The van der Waals surface area contributed by atoms with Crippen molar-refractivity contribution in [3.8, 4) is 0 Å². The second kappa shape index (κ2) is 10.1. The number of amides is 2. The third-order valence-electron chi connectivity index (χ3n) is 7.93. The summed E-state index contributed by atoms with van der Waals surface area (Å²) in [5.41, 5.74) is -2.03. The van der Waals surface area contributed by atoms with E-state index in [1.165, 1.54) is 0 Å². The predicted molar refractivity (Wildman–Crippen MR) is 123 cm³/mol. The summed E-state index contributed by atoms with van der Waals surface area (Å²) in [6.45, 7) is 10.6. The molecule has 1 spiro atoms. The summed E-state index contributed by atoms with van der Waals surface area (Å²) in [5.74, 6) is -3.26. The molecule has 0 aromatic carbocycles. The lowest BCUT2D eigenvalue weighted by atomic mass is 9.66. The van der Waals surface area contributed by atoms with E-state index < -0.39 is 35.0 Å². The molecule has 8 nitrogen and oxygen atoms in total. The molecule has 186 valence electrons. The van der Waals surface area contributed by atoms with E-state index in [1.54, 1.807) is 22.8 Å². The Morgan fingerprint density at radius 2 is 2.00 bits per heavy atom. The molecule has 3 unspecified atom stereocenters. The highest BCUT2D eigenvalue weighted by Crippen LogP contribution is 2.63. The summed E-state index contributed by atoms with van der Waals surface area (Å²) >= 11 is 0. The summed E-state index contributed by atoms with van der Waals surface area (Å²) in [5, 5.41) is 19.0. The number of unbranched alkanes of at least 4 members (excludes halogenated alkanes) is 3. The summed E-state index contributed by atoms with van der Waals surface area (Å²) in [4.78, 5) is 43.4. The van der Waals surface area contributed by atoms with Crippen molar-refractivity contribution in [1.82, 2.24) is 9.80 Å². The second-order valence-electron chi connectivity index (χ2n) is 10.2. The van der Waals surface area contributed by atoms with Crippen LogP contribution in [0.15, 0.2) is 12.7 Å². The van der Waals surface area contributed by atoms with Crippen molar-refractivity contribution in [2.24, 2.45) is 11.8 Å². The van der Waals surface area contributed by atoms with Gasteiger partial charge in [0.15, 0.2) is 0 Å². The summed E-state index contributed by atoms with van der Waals surface area (Å²) in [6, 6.07) is -0.847. The van der Waals surface area contributed by atoms with Crippen LogP contribution in [0, 0.1) is 11.8 Å². The van der Waals surface area contributed by atoms with Gasteiger partial charge in [0.25, 0.3) is 0 Å². The molecule has 3 rings (SSSR count).